The van der Waals surface area contributed by atoms with Crippen LogP contribution in [0.15, 0.2) is 49.0 Å². The zero-order chi connectivity index (χ0) is 18.3. The van der Waals surface area contributed by atoms with Gasteiger partial charge in [0.05, 0.1) is 24.4 Å². The molecule has 1 aliphatic rings. The lowest BCUT2D eigenvalue weighted by Crippen LogP contribution is -2.31. The molecule has 2 N–H and O–H groups in total. The Hall–Kier alpha value is -3.05. The molecule has 0 fully saturated rings. The second-order valence-electron chi connectivity index (χ2n) is 6.31. The molecule has 5 heteroatoms. The fourth-order valence-electron chi connectivity index (χ4n) is 3.99. The van der Waals surface area contributed by atoms with Gasteiger partial charge in [-0.05, 0) is 35.8 Å². The highest BCUT2D eigenvalue weighted by Crippen LogP contribution is 2.41. The van der Waals surface area contributed by atoms with E-state index in [2.05, 4.69) is 24.0 Å². The van der Waals surface area contributed by atoms with Gasteiger partial charge >= 0.3 is 6.09 Å². The van der Waals surface area contributed by atoms with Crippen molar-refractivity contribution in [1.82, 2.24) is 9.88 Å². The van der Waals surface area contributed by atoms with E-state index >= 15 is 0 Å². The van der Waals surface area contributed by atoms with Crippen molar-refractivity contribution < 1.29 is 14.6 Å². The Kier molecular flexibility index (Phi) is 4.01. The van der Waals surface area contributed by atoms with E-state index in [4.69, 9.17) is 4.74 Å². The molecule has 1 atom stereocenters. The van der Waals surface area contributed by atoms with Gasteiger partial charge in [-0.2, -0.15) is 0 Å². The fraction of sp³-hybridized carbons (Fsp3) is 0.190. The number of benzene rings is 2. The van der Waals surface area contributed by atoms with Crippen molar-refractivity contribution in [1.29, 1.82) is 0 Å². The Morgan fingerprint density at radius 2 is 2.12 bits per heavy atom. The van der Waals surface area contributed by atoms with Crippen LogP contribution in [0.2, 0.25) is 0 Å². The highest BCUT2D eigenvalue weighted by molar-refractivity contribution is 5.99. The molecule has 1 unspecified atom stereocenters. The van der Waals surface area contributed by atoms with Gasteiger partial charge in [-0.15, -0.1) is 0 Å². The number of aromatic nitrogens is 1. The van der Waals surface area contributed by atoms with Gasteiger partial charge in [0, 0.05) is 17.5 Å². The molecule has 4 rings (SSSR count). The zero-order valence-electron chi connectivity index (χ0n) is 14.5. The van der Waals surface area contributed by atoms with E-state index in [1.165, 1.54) is 10.1 Å². The third kappa shape index (κ3) is 2.32. The maximum absolute atomic E-state index is 12.0. The Bertz CT molecular complexity index is 1020. The number of nitrogens with zero attached hydrogens (tertiary/aromatic N) is 1. The molecular weight excluding hydrogens is 328 g/mol. The van der Waals surface area contributed by atoms with Crippen LogP contribution in [0.5, 0.6) is 5.75 Å². The minimum Gasteiger partial charge on any atom is -0.496 e. The normalized spacial score (nSPS) is 16.3. The van der Waals surface area contributed by atoms with E-state index in [0.29, 0.717) is 17.0 Å². The molecule has 2 heterocycles. The SMILES string of the molecule is C=Cc1c(C2NCCc3ccccc32)c2c(OC)cccc2n1C(=O)O. The maximum Gasteiger partial charge on any atom is 0.416 e. The van der Waals surface area contributed by atoms with Crippen molar-refractivity contribution in [3.63, 3.8) is 0 Å². The predicted molar refractivity (Wildman–Crippen MR) is 102 cm³/mol. The summed E-state index contributed by atoms with van der Waals surface area (Å²) >= 11 is 0. The Morgan fingerprint density at radius 1 is 1.31 bits per heavy atom. The van der Waals surface area contributed by atoms with Gasteiger partial charge in [0.15, 0.2) is 0 Å². The topological polar surface area (TPSA) is 63.5 Å². The first-order valence-electron chi connectivity index (χ1n) is 8.55. The number of nitrogens with one attached hydrogen (secondary N) is 1. The van der Waals surface area contributed by atoms with Gasteiger partial charge in [0.2, 0.25) is 0 Å². The number of ether oxygens (including phenoxy) is 1. The molecule has 132 valence electrons. The van der Waals surface area contributed by atoms with E-state index in [-0.39, 0.29) is 6.04 Å². The van der Waals surface area contributed by atoms with Crippen LogP contribution in [0.1, 0.15) is 28.4 Å². The van der Waals surface area contributed by atoms with E-state index < -0.39 is 6.09 Å². The van der Waals surface area contributed by atoms with Crippen LogP contribution < -0.4 is 10.1 Å². The van der Waals surface area contributed by atoms with E-state index in [1.807, 2.05) is 18.2 Å². The van der Waals surface area contributed by atoms with Crippen LogP contribution >= 0.6 is 0 Å². The molecule has 26 heavy (non-hydrogen) atoms. The maximum atomic E-state index is 12.0. The molecule has 0 spiro atoms. The number of hydrogen-bond acceptors (Lipinski definition) is 3. The van der Waals surface area contributed by atoms with Crippen molar-refractivity contribution in [3.05, 3.63) is 71.4 Å². The molecule has 3 aromatic rings. The van der Waals surface area contributed by atoms with Crippen LogP contribution in [0.3, 0.4) is 0 Å². The lowest BCUT2D eigenvalue weighted by molar-refractivity contribution is 0.197. The summed E-state index contributed by atoms with van der Waals surface area (Å²) in [4.78, 5) is 12.0. The highest BCUT2D eigenvalue weighted by atomic mass is 16.5. The number of fused-ring (bicyclic) bond motifs is 2. The average molecular weight is 348 g/mol. The van der Waals surface area contributed by atoms with Gasteiger partial charge in [0.25, 0.3) is 0 Å². The molecule has 0 amide bonds. The number of carbonyl (C=O) groups is 1. The molecule has 0 bridgehead atoms. The predicted octanol–water partition coefficient (Wildman–Crippen LogP) is 4.05. The summed E-state index contributed by atoms with van der Waals surface area (Å²) in [7, 11) is 1.60. The summed E-state index contributed by atoms with van der Waals surface area (Å²) in [6.07, 6.45) is 1.53. The Balaban J connectivity index is 2.10. The third-order valence-corrected chi connectivity index (χ3v) is 5.03. The Labute approximate surface area is 151 Å². The zero-order valence-corrected chi connectivity index (χ0v) is 14.5. The van der Waals surface area contributed by atoms with E-state index in [9.17, 15) is 9.90 Å². The summed E-state index contributed by atoms with van der Waals surface area (Å²) in [5, 5.41) is 14.2. The molecule has 2 aromatic carbocycles. The molecule has 0 radical (unpaired) electrons. The standard InChI is InChI=1S/C21H20N2O3/c1-3-15-19(20-14-8-5-4-7-13(14)11-12-22-20)18-16(23(15)21(24)25)9-6-10-17(18)26-2/h3-10,20,22H,1,11-12H2,2H3,(H,24,25). The second kappa shape index (κ2) is 6.35. The summed E-state index contributed by atoms with van der Waals surface area (Å²) < 4.78 is 6.86. The molecule has 1 aliphatic heterocycles. The minimum atomic E-state index is -1.03. The van der Waals surface area contributed by atoms with Crippen molar-refractivity contribution in [3.8, 4) is 5.75 Å². The lowest BCUT2D eigenvalue weighted by atomic mass is 9.88. The van der Waals surface area contributed by atoms with Crippen molar-refractivity contribution >= 4 is 23.1 Å². The molecule has 0 aliphatic carbocycles. The fourth-order valence-corrected chi connectivity index (χ4v) is 3.99. The quantitative estimate of drug-likeness (QED) is 0.749. The first-order chi connectivity index (χ1) is 12.7. The van der Waals surface area contributed by atoms with Crippen LogP contribution in [0, 0.1) is 0 Å². The minimum absolute atomic E-state index is 0.118. The Morgan fingerprint density at radius 3 is 2.85 bits per heavy atom. The number of rotatable bonds is 3. The van der Waals surface area contributed by atoms with Crippen LogP contribution in [-0.2, 0) is 6.42 Å². The second-order valence-corrected chi connectivity index (χ2v) is 6.31. The van der Waals surface area contributed by atoms with Gasteiger partial charge in [0.1, 0.15) is 5.75 Å². The first-order valence-corrected chi connectivity index (χ1v) is 8.55. The lowest BCUT2D eigenvalue weighted by Gasteiger charge is -2.28. The summed E-state index contributed by atoms with van der Waals surface area (Å²) in [6.45, 7) is 4.71. The molecular formula is C21H20N2O3. The summed E-state index contributed by atoms with van der Waals surface area (Å²) in [5.74, 6) is 0.658. The molecule has 0 saturated heterocycles. The number of carboxylic acid groups (broad SMARTS) is 1. The van der Waals surface area contributed by atoms with Gasteiger partial charge in [-0.25, -0.2) is 9.36 Å². The van der Waals surface area contributed by atoms with Gasteiger partial charge in [-0.3, -0.25) is 0 Å². The van der Waals surface area contributed by atoms with Gasteiger partial charge in [-0.1, -0.05) is 36.9 Å². The number of hydrogen-bond donors (Lipinski definition) is 2. The van der Waals surface area contributed by atoms with Crippen molar-refractivity contribution in [2.24, 2.45) is 0 Å². The molecule has 1 aromatic heterocycles. The monoisotopic (exact) mass is 348 g/mol. The first kappa shape index (κ1) is 16.4. The highest BCUT2D eigenvalue weighted by Gasteiger charge is 2.30. The van der Waals surface area contributed by atoms with Crippen LogP contribution in [0.25, 0.3) is 17.0 Å². The molecule has 0 saturated carbocycles. The summed E-state index contributed by atoms with van der Waals surface area (Å²) in [5.41, 5.74) is 4.51. The van der Waals surface area contributed by atoms with Crippen LogP contribution in [0.4, 0.5) is 4.79 Å². The van der Waals surface area contributed by atoms with Crippen molar-refractivity contribution in [2.45, 2.75) is 12.5 Å². The molecule has 5 nitrogen and oxygen atoms in total. The third-order valence-electron chi connectivity index (χ3n) is 5.03. The largest absolute Gasteiger partial charge is 0.496 e. The van der Waals surface area contributed by atoms with E-state index in [0.717, 1.165) is 29.5 Å². The average Bonchev–Trinajstić information content (AvgIpc) is 3.01. The number of methoxy groups -OCH3 is 1. The van der Waals surface area contributed by atoms with Gasteiger partial charge < -0.3 is 15.2 Å². The van der Waals surface area contributed by atoms with Crippen molar-refractivity contribution in [2.75, 3.05) is 13.7 Å². The smallest absolute Gasteiger partial charge is 0.416 e. The van der Waals surface area contributed by atoms with E-state index in [1.54, 1.807) is 25.3 Å². The van der Waals surface area contributed by atoms with Crippen LogP contribution in [-0.4, -0.2) is 29.4 Å². The summed E-state index contributed by atoms with van der Waals surface area (Å²) in [6, 6.07) is 13.6.